The second-order valence-corrected chi connectivity index (χ2v) is 5.80. The fourth-order valence-corrected chi connectivity index (χ4v) is 3.23. The lowest BCUT2D eigenvalue weighted by Crippen LogP contribution is -2.56. The van der Waals surface area contributed by atoms with Gasteiger partial charge in [-0.05, 0) is 39.3 Å². The van der Waals surface area contributed by atoms with E-state index in [2.05, 4.69) is 29.0 Å². The molecule has 0 aliphatic carbocycles. The molecule has 17 heavy (non-hydrogen) atoms. The number of piperazine rings is 1. The normalized spacial score (nSPS) is 28.9. The smallest absolute Gasteiger partial charge is 0.0223 e. The van der Waals surface area contributed by atoms with Crippen LogP contribution in [-0.4, -0.2) is 61.2 Å². The Morgan fingerprint density at radius 2 is 2.12 bits per heavy atom. The summed E-state index contributed by atoms with van der Waals surface area (Å²) in [6.45, 7) is 12.2. The largest absolute Gasteiger partial charge is 0.313 e. The van der Waals surface area contributed by atoms with Crippen molar-refractivity contribution in [1.29, 1.82) is 0 Å². The van der Waals surface area contributed by atoms with E-state index in [1.807, 2.05) is 0 Å². The molecule has 1 N–H and O–H groups in total. The van der Waals surface area contributed by atoms with Crippen LogP contribution < -0.4 is 5.32 Å². The molecule has 3 heteroatoms. The summed E-state index contributed by atoms with van der Waals surface area (Å²) in [6.07, 6.45) is 5.53. The van der Waals surface area contributed by atoms with Crippen LogP contribution in [0.4, 0.5) is 0 Å². The van der Waals surface area contributed by atoms with E-state index < -0.39 is 0 Å². The average molecular weight is 239 g/mol. The van der Waals surface area contributed by atoms with Crippen molar-refractivity contribution < 1.29 is 0 Å². The van der Waals surface area contributed by atoms with Gasteiger partial charge in [-0.3, -0.25) is 9.80 Å². The molecule has 2 aliphatic heterocycles. The van der Waals surface area contributed by atoms with Crippen LogP contribution in [0.1, 0.15) is 39.5 Å². The number of rotatable bonds is 5. The summed E-state index contributed by atoms with van der Waals surface area (Å²) in [5.74, 6) is 0. The van der Waals surface area contributed by atoms with Gasteiger partial charge in [0.15, 0.2) is 0 Å². The minimum atomic E-state index is 0.644. The zero-order valence-electron chi connectivity index (χ0n) is 11.6. The summed E-state index contributed by atoms with van der Waals surface area (Å²) in [6, 6.07) is 1.50. The van der Waals surface area contributed by atoms with Crippen molar-refractivity contribution in [2.45, 2.75) is 51.6 Å². The van der Waals surface area contributed by atoms with Gasteiger partial charge in [0.1, 0.15) is 0 Å². The van der Waals surface area contributed by atoms with Crippen LogP contribution in [0.25, 0.3) is 0 Å². The van der Waals surface area contributed by atoms with E-state index >= 15 is 0 Å². The lowest BCUT2D eigenvalue weighted by Gasteiger charge is -2.44. The van der Waals surface area contributed by atoms with Crippen LogP contribution in [0.3, 0.4) is 0 Å². The van der Waals surface area contributed by atoms with E-state index in [-0.39, 0.29) is 0 Å². The molecule has 2 rings (SSSR count). The molecule has 0 aromatic carbocycles. The molecule has 0 radical (unpaired) electrons. The Kier molecular flexibility index (Phi) is 5.26. The maximum atomic E-state index is 3.60. The number of nitrogens with one attached hydrogen (secondary N) is 1. The van der Waals surface area contributed by atoms with Gasteiger partial charge in [0.25, 0.3) is 0 Å². The summed E-state index contributed by atoms with van der Waals surface area (Å²) >= 11 is 0. The van der Waals surface area contributed by atoms with Crippen molar-refractivity contribution in [1.82, 2.24) is 15.1 Å². The van der Waals surface area contributed by atoms with Crippen molar-refractivity contribution in [3.8, 4) is 0 Å². The highest BCUT2D eigenvalue weighted by Gasteiger charge is 2.28. The Labute approximate surface area is 107 Å². The van der Waals surface area contributed by atoms with Gasteiger partial charge in [0.05, 0.1) is 0 Å². The highest BCUT2D eigenvalue weighted by atomic mass is 15.3. The second kappa shape index (κ2) is 6.72. The number of piperidine rings is 1. The minimum Gasteiger partial charge on any atom is -0.313 e. The van der Waals surface area contributed by atoms with Gasteiger partial charge in [-0.2, -0.15) is 0 Å². The van der Waals surface area contributed by atoms with Gasteiger partial charge in [0.2, 0.25) is 0 Å². The molecule has 0 aromatic heterocycles. The van der Waals surface area contributed by atoms with Crippen molar-refractivity contribution in [3.05, 3.63) is 0 Å². The highest BCUT2D eigenvalue weighted by molar-refractivity contribution is 4.86. The third kappa shape index (κ3) is 3.94. The van der Waals surface area contributed by atoms with Crippen molar-refractivity contribution in [2.75, 3.05) is 39.3 Å². The van der Waals surface area contributed by atoms with Crippen LogP contribution in [0, 0.1) is 0 Å². The fourth-order valence-electron chi connectivity index (χ4n) is 3.23. The number of hydrogen-bond acceptors (Lipinski definition) is 3. The Bertz CT molecular complexity index is 220. The Hall–Kier alpha value is -0.120. The first-order chi connectivity index (χ1) is 8.29. The monoisotopic (exact) mass is 239 g/mol. The third-order valence-corrected chi connectivity index (χ3v) is 4.20. The average Bonchev–Trinajstić information content (AvgIpc) is 2.36. The van der Waals surface area contributed by atoms with E-state index in [0.29, 0.717) is 6.04 Å². The second-order valence-electron chi connectivity index (χ2n) is 5.80. The lowest BCUT2D eigenvalue weighted by atomic mass is 9.99. The maximum absolute atomic E-state index is 3.60. The highest BCUT2D eigenvalue weighted by Crippen LogP contribution is 2.20. The first-order valence-electron chi connectivity index (χ1n) is 7.49. The fraction of sp³-hybridized carbons (Fsp3) is 1.00. The van der Waals surface area contributed by atoms with E-state index in [4.69, 9.17) is 0 Å². The Morgan fingerprint density at radius 1 is 1.24 bits per heavy atom. The van der Waals surface area contributed by atoms with Gasteiger partial charge in [-0.15, -0.1) is 0 Å². The summed E-state index contributed by atoms with van der Waals surface area (Å²) < 4.78 is 0. The van der Waals surface area contributed by atoms with Crippen molar-refractivity contribution in [3.63, 3.8) is 0 Å². The maximum Gasteiger partial charge on any atom is 0.0223 e. The van der Waals surface area contributed by atoms with Gasteiger partial charge in [-0.25, -0.2) is 0 Å². The van der Waals surface area contributed by atoms with Gasteiger partial charge < -0.3 is 5.32 Å². The molecule has 0 saturated carbocycles. The van der Waals surface area contributed by atoms with Crippen LogP contribution in [-0.2, 0) is 0 Å². The van der Waals surface area contributed by atoms with Crippen LogP contribution >= 0.6 is 0 Å². The van der Waals surface area contributed by atoms with Crippen LogP contribution in [0.15, 0.2) is 0 Å². The summed E-state index contributed by atoms with van der Waals surface area (Å²) in [7, 11) is 0. The quantitative estimate of drug-likeness (QED) is 0.785. The zero-order valence-corrected chi connectivity index (χ0v) is 11.6. The SMILES string of the molecule is CCCNC(C)CN1CCN2CCCCC2C1. The van der Waals surface area contributed by atoms with Gasteiger partial charge in [-0.1, -0.05) is 13.3 Å². The van der Waals surface area contributed by atoms with E-state index in [0.717, 1.165) is 12.6 Å². The Balaban J connectivity index is 1.71. The molecule has 2 atom stereocenters. The number of fused-ring (bicyclic) bond motifs is 1. The van der Waals surface area contributed by atoms with Crippen molar-refractivity contribution >= 4 is 0 Å². The van der Waals surface area contributed by atoms with Crippen LogP contribution in [0.5, 0.6) is 0 Å². The van der Waals surface area contributed by atoms with Crippen molar-refractivity contribution in [2.24, 2.45) is 0 Å². The predicted molar refractivity (Wildman–Crippen MR) is 73.4 cm³/mol. The molecule has 0 bridgehead atoms. The first-order valence-corrected chi connectivity index (χ1v) is 7.49. The lowest BCUT2D eigenvalue weighted by molar-refractivity contribution is 0.0457. The molecule has 0 aromatic rings. The summed E-state index contributed by atoms with van der Waals surface area (Å²) in [4.78, 5) is 5.38. The zero-order chi connectivity index (χ0) is 12.1. The summed E-state index contributed by atoms with van der Waals surface area (Å²) in [5, 5.41) is 3.60. The van der Waals surface area contributed by atoms with E-state index in [9.17, 15) is 0 Å². The molecular formula is C14H29N3. The first kappa shape index (κ1) is 13.3. The molecule has 0 spiro atoms. The molecule has 2 unspecified atom stereocenters. The topological polar surface area (TPSA) is 18.5 Å². The van der Waals surface area contributed by atoms with E-state index in [1.165, 1.54) is 58.4 Å². The standard InChI is InChI=1S/C14H29N3/c1-3-7-15-13(2)11-16-9-10-17-8-5-4-6-14(17)12-16/h13-15H,3-12H2,1-2H3. The molecule has 100 valence electrons. The van der Waals surface area contributed by atoms with E-state index in [1.54, 1.807) is 0 Å². The molecule has 2 heterocycles. The molecular weight excluding hydrogens is 210 g/mol. The predicted octanol–water partition coefficient (Wildman–Crippen LogP) is 1.54. The van der Waals surface area contributed by atoms with Gasteiger partial charge >= 0.3 is 0 Å². The minimum absolute atomic E-state index is 0.644. The molecule has 3 nitrogen and oxygen atoms in total. The number of hydrogen-bond donors (Lipinski definition) is 1. The molecule has 0 amide bonds. The molecule has 2 saturated heterocycles. The third-order valence-electron chi connectivity index (χ3n) is 4.20. The summed E-state index contributed by atoms with van der Waals surface area (Å²) in [5.41, 5.74) is 0. The molecule has 2 aliphatic rings. The van der Waals surface area contributed by atoms with Crippen LogP contribution in [0.2, 0.25) is 0 Å². The number of nitrogens with zero attached hydrogens (tertiary/aromatic N) is 2. The van der Waals surface area contributed by atoms with Gasteiger partial charge in [0, 0.05) is 38.3 Å². The Morgan fingerprint density at radius 3 is 2.94 bits per heavy atom. The molecule has 2 fully saturated rings.